The summed E-state index contributed by atoms with van der Waals surface area (Å²) in [6.45, 7) is 5.06. The third kappa shape index (κ3) is 11.5. The molecular weight excluding hydrogens is 1010 g/mol. The van der Waals surface area contributed by atoms with Gasteiger partial charge in [0.25, 0.3) is 0 Å². The molecule has 2 unspecified atom stereocenters. The molecule has 0 aliphatic heterocycles. The summed E-state index contributed by atoms with van der Waals surface area (Å²) in [6.07, 6.45) is 0.962. The number of hydrogen-bond acceptors (Lipinski definition) is 4. The third-order valence-electron chi connectivity index (χ3n) is 14.8. The predicted octanol–water partition coefficient (Wildman–Crippen LogP) is 17.4. The summed E-state index contributed by atoms with van der Waals surface area (Å²) in [5.41, 5.74) is 16.6. The van der Waals surface area contributed by atoms with Crippen molar-refractivity contribution in [3.05, 3.63) is 291 Å². The first-order valence-corrected chi connectivity index (χ1v) is 33.5. The molecular formula is C72H59N4P3. The minimum absolute atomic E-state index is 0.920. The SMILES string of the molecule is CCP(c1cc(-c2ccccc2)nc(-c2ccccc2)c1)P(C[PH](C)(c1cc(-c2ccccc2)nc(-c2ccccc2)c1)c1cc(-c2ccccc2)nc(-c2ccccc2)c1)c1cc(-c2ccccc2)nc(-c2ccccc2)c1. The van der Waals surface area contributed by atoms with E-state index in [1.165, 1.54) is 21.2 Å². The molecule has 8 aromatic carbocycles. The van der Waals surface area contributed by atoms with Gasteiger partial charge in [-0.15, -0.1) is 0 Å². The van der Waals surface area contributed by atoms with E-state index in [1.807, 2.05) is 0 Å². The molecule has 4 nitrogen and oxygen atoms in total. The summed E-state index contributed by atoms with van der Waals surface area (Å²) < 4.78 is 0. The second kappa shape index (κ2) is 23.7. The van der Waals surface area contributed by atoms with Crippen LogP contribution < -0.4 is 21.2 Å². The Morgan fingerprint density at radius 3 is 0.658 bits per heavy atom. The topological polar surface area (TPSA) is 51.6 Å². The zero-order valence-electron chi connectivity index (χ0n) is 44.3. The fourth-order valence-electron chi connectivity index (χ4n) is 10.5. The van der Waals surface area contributed by atoms with Gasteiger partial charge in [0, 0.05) is 0 Å². The molecule has 0 aliphatic carbocycles. The Bertz CT molecular complexity index is 3610. The van der Waals surface area contributed by atoms with E-state index in [4.69, 9.17) is 19.9 Å². The van der Waals surface area contributed by atoms with Crippen LogP contribution in [0.5, 0.6) is 0 Å². The molecule has 4 aromatic heterocycles. The Kier molecular flexibility index (Phi) is 15.4. The van der Waals surface area contributed by atoms with Crippen molar-refractivity contribution in [1.29, 1.82) is 0 Å². The van der Waals surface area contributed by atoms with E-state index in [2.05, 4.69) is 305 Å². The van der Waals surface area contributed by atoms with Gasteiger partial charge in [-0.1, -0.05) is 0 Å². The number of rotatable bonds is 16. The first-order valence-electron chi connectivity index (χ1n) is 27.0. The molecule has 79 heavy (non-hydrogen) atoms. The molecule has 4 heterocycles. The summed E-state index contributed by atoms with van der Waals surface area (Å²) in [4.78, 5) is 22.0. The molecule has 0 saturated heterocycles. The second-order valence-electron chi connectivity index (χ2n) is 20.0. The molecule has 12 aromatic rings. The van der Waals surface area contributed by atoms with Gasteiger partial charge in [-0.05, 0) is 0 Å². The van der Waals surface area contributed by atoms with Crippen LogP contribution in [0.4, 0.5) is 0 Å². The van der Waals surface area contributed by atoms with Crippen LogP contribution in [0.25, 0.3) is 90.1 Å². The normalized spacial score (nSPS) is 12.4. The first kappa shape index (κ1) is 51.4. The molecule has 0 aliphatic rings. The van der Waals surface area contributed by atoms with Crippen molar-refractivity contribution < 1.29 is 0 Å². The fourth-order valence-corrected chi connectivity index (χ4v) is 27.8. The van der Waals surface area contributed by atoms with Gasteiger partial charge >= 0.3 is 471 Å². The molecule has 0 bridgehead atoms. The summed E-state index contributed by atoms with van der Waals surface area (Å²) in [7, 11) is -5.00. The van der Waals surface area contributed by atoms with Crippen LogP contribution in [0.3, 0.4) is 0 Å². The van der Waals surface area contributed by atoms with Crippen LogP contribution in [-0.4, -0.2) is 38.7 Å². The predicted molar refractivity (Wildman–Crippen MR) is 342 cm³/mol. The Balaban J connectivity index is 1.17. The Morgan fingerprint density at radius 2 is 0.456 bits per heavy atom. The van der Waals surface area contributed by atoms with Crippen LogP contribution in [0, 0.1) is 0 Å². The van der Waals surface area contributed by atoms with Crippen molar-refractivity contribution in [3.8, 4) is 90.1 Å². The molecule has 12 rings (SSSR count). The van der Waals surface area contributed by atoms with E-state index in [1.54, 1.807) is 0 Å². The number of pyridine rings is 4. The molecule has 0 radical (unpaired) electrons. The second-order valence-corrected chi connectivity index (χ2v) is 31.2. The average Bonchev–Trinajstić information content (AvgIpc) is 3.69. The van der Waals surface area contributed by atoms with Gasteiger partial charge in [-0.3, -0.25) is 0 Å². The molecule has 0 saturated carbocycles. The van der Waals surface area contributed by atoms with Crippen molar-refractivity contribution in [3.63, 3.8) is 0 Å². The van der Waals surface area contributed by atoms with Crippen molar-refractivity contribution >= 4 is 43.7 Å². The molecule has 0 N–H and O–H groups in total. The monoisotopic (exact) mass is 1070 g/mol. The van der Waals surface area contributed by atoms with Crippen molar-refractivity contribution in [2.75, 3.05) is 18.7 Å². The maximum atomic E-state index is 5.52. The minimum atomic E-state index is -3.04. The maximum absolute atomic E-state index is 5.52. The molecule has 0 spiro atoms. The Morgan fingerprint density at radius 1 is 0.266 bits per heavy atom. The van der Waals surface area contributed by atoms with Crippen LogP contribution in [0.1, 0.15) is 6.92 Å². The van der Waals surface area contributed by atoms with E-state index < -0.39 is 22.5 Å². The first-order chi connectivity index (χ1) is 39.0. The van der Waals surface area contributed by atoms with E-state index in [0.717, 1.165) is 102 Å². The summed E-state index contributed by atoms with van der Waals surface area (Å²) in [5.74, 6) is 0.928. The standard InChI is InChI=1S/C72H59N4P3/c1-3-77(61-44-65(53-28-12-4-13-29-53)73-66(45-61)54-30-14-5-15-31-54)78(62-46-67(55-32-16-6-17-33-55)74-68(47-62)56-34-18-7-19-35-56)52-79(2,63-48-69(57-36-20-8-21-37-57)75-70(49-63)58-38-22-9-23-39-58)64-50-71(59-40-24-10-25-41-59)76-72(51-64)60-42-26-11-27-43-60/h4-51,79H,3,52H2,1-2H3. The summed E-state index contributed by atoms with van der Waals surface area (Å²) in [5, 5.41) is 5.35. The zero-order valence-corrected chi connectivity index (χ0v) is 47.1. The van der Waals surface area contributed by atoms with Crippen molar-refractivity contribution in [2.45, 2.75) is 6.92 Å². The molecule has 0 amide bonds. The van der Waals surface area contributed by atoms with Crippen molar-refractivity contribution in [1.82, 2.24) is 19.9 Å². The quantitative estimate of drug-likeness (QED) is 0.0905. The van der Waals surface area contributed by atoms with E-state index in [-0.39, 0.29) is 0 Å². The van der Waals surface area contributed by atoms with Crippen LogP contribution in [-0.2, 0) is 0 Å². The number of hydrogen-bond donors (Lipinski definition) is 0. The zero-order chi connectivity index (χ0) is 53.4. The fraction of sp³-hybridized carbons (Fsp3) is 0.0556. The number of nitrogens with zero attached hydrogens (tertiary/aromatic N) is 4. The van der Waals surface area contributed by atoms with Gasteiger partial charge in [-0.25, -0.2) is 0 Å². The van der Waals surface area contributed by atoms with Gasteiger partial charge < -0.3 is 0 Å². The van der Waals surface area contributed by atoms with E-state index in [0.29, 0.717) is 0 Å². The molecule has 0 fully saturated rings. The molecule has 382 valence electrons. The van der Waals surface area contributed by atoms with Gasteiger partial charge in [0.05, 0.1) is 0 Å². The van der Waals surface area contributed by atoms with Crippen LogP contribution >= 0.6 is 22.5 Å². The van der Waals surface area contributed by atoms with E-state index in [9.17, 15) is 0 Å². The summed E-state index contributed by atoms with van der Waals surface area (Å²) in [6, 6.07) is 105. The van der Waals surface area contributed by atoms with Gasteiger partial charge in [-0.2, -0.15) is 0 Å². The number of aromatic nitrogens is 4. The van der Waals surface area contributed by atoms with E-state index >= 15 is 0 Å². The van der Waals surface area contributed by atoms with Gasteiger partial charge in [0.1, 0.15) is 0 Å². The Labute approximate surface area is 467 Å². The molecule has 7 heteroatoms. The summed E-state index contributed by atoms with van der Waals surface area (Å²) >= 11 is 0. The Hall–Kier alpha value is -8.35. The molecule has 2 atom stereocenters. The van der Waals surface area contributed by atoms with Crippen molar-refractivity contribution in [2.24, 2.45) is 0 Å². The third-order valence-corrected chi connectivity index (χ3v) is 29.8. The van der Waals surface area contributed by atoms with Gasteiger partial charge in [0.2, 0.25) is 0 Å². The van der Waals surface area contributed by atoms with Gasteiger partial charge in [0.15, 0.2) is 0 Å². The van der Waals surface area contributed by atoms with Crippen LogP contribution in [0.15, 0.2) is 291 Å². The average molecular weight is 1070 g/mol. The van der Waals surface area contributed by atoms with Crippen LogP contribution in [0.2, 0.25) is 0 Å². The number of benzene rings is 8.